The van der Waals surface area contributed by atoms with Crippen LogP contribution in [0.3, 0.4) is 0 Å². The average molecular weight is 313 g/mol. The smallest absolute Gasteiger partial charge is 0.374 e. The molecule has 0 aliphatic rings. The Morgan fingerprint density at radius 1 is 1.44 bits per heavy atom. The second-order valence-corrected chi connectivity index (χ2v) is 4.58. The molecule has 0 atom stereocenters. The van der Waals surface area contributed by atoms with Crippen molar-refractivity contribution < 1.29 is 18.7 Å². The molecule has 4 nitrogen and oxygen atoms in total. The summed E-state index contributed by atoms with van der Waals surface area (Å²) in [5, 5.41) is 0.787. The number of halogens is 1. The van der Waals surface area contributed by atoms with Crippen molar-refractivity contribution in [2.45, 2.75) is 13.8 Å². The molecule has 1 aromatic carbocycles. The van der Waals surface area contributed by atoms with Gasteiger partial charge in [0.1, 0.15) is 11.3 Å². The number of carbonyl (C=O) groups is 1. The monoisotopic (exact) mass is 312 g/mol. The van der Waals surface area contributed by atoms with E-state index in [9.17, 15) is 4.79 Å². The van der Waals surface area contributed by atoms with Gasteiger partial charge in [0.25, 0.3) is 0 Å². The van der Waals surface area contributed by atoms with Crippen molar-refractivity contribution in [2.24, 2.45) is 0 Å². The summed E-state index contributed by atoms with van der Waals surface area (Å²) in [5.74, 6) is 0.428. The van der Waals surface area contributed by atoms with Gasteiger partial charge in [0.15, 0.2) is 0 Å². The van der Waals surface area contributed by atoms with E-state index in [-0.39, 0.29) is 5.76 Å². The molecule has 0 N–H and O–H groups in total. The van der Waals surface area contributed by atoms with Crippen LogP contribution in [0.5, 0.6) is 5.75 Å². The Labute approximate surface area is 113 Å². The lowest BCUT2D eigenvalue weighted by Gasteiger charge is -2.04. The molecule has 0 spiro atoms. The van der Waals surface area contributed by atoms with Crippen LogP contribution >= 0.6 is 15.9 Å². The molecule has 0 radical (unpaired) electrons. The van der Waals surface area contributed by atoms with E-state index < -0.39 is 5.97 Å². The first kappa shape index (κ1) is 13.0. The lowest BCUT2D eigenvalue weighted by atomic mass is 10.1. The minimum Gasteiger partial charge on any atom is -0.495 e. The van der Waals surface area contributed by atoms with Gasteiger partial charge in [-0.25, -0.2) is 4.79 Å². The molecule has 2 rings (SSSR count). The van der Waals surface area contributed by atoms with Gasteiger partial charge in [-0.1, -0.05) is 0 Å². The normalized spacial score (nSPS) is 10.7. The van der Waals surface area contributed by atoms with Crippen molar-refractivity contribution >= 4 is 32.9 Å². The first-order chi connectivity index (χ1) is 8.60. The zero-order valence-corrected chi connectivity index (χ0v) is 12.0. The Morgan fingerprint density at radius 2 is 2.17 bits per heavy atom. The van der Waals surface area contributed by atoms with E-state index in [0.29, 0.717) is 17.9 Å². The maximum Gasteiger partial charge on any atom is 0.374 e. The average Bonchev–Trinajstić information content (AvgIpc) is 2.68. The van der Waals surface area contributed by atoms with Gasteiger partial charge in [0, 0.05) is 5.56 Å². The Morgan fingerprint density at radius 3 is 2.78 bits per heavy atom. The number of fused-ring (bicyclic) bond motifs is 1. The van der Waals surface area contributed by atoms with Crippen LogP contribution in [0.4, 0.5) is 0 Å². The number of carbonyl (C=O) groups excluding carboxylic acids is 1. The van der Waals surface area contributed by atoms with E-state index in [1.54, 1.807) is 20.1 Å². The fraction of sp³-hybridized carbons (Fsp3) is 0.308. The number of furan rings is 1. The number of benzene rings is 1. The van der Waals surface area contributed by atoms with Crippen LogP contribution in [0.25, 0.3) is 11.0 Å². The van der Waals surface area contributed by atoms with Gasteiger partial charge in [-0.15, -0.1) is 0 Å². The molecule has 5 heteroatoms. The predicted molar refractivity (Wildman–Crippen MR) is 71.2 cm³/mol. The maximum atomic E-state index is 11.8. The van der Waals surface area contributed by atoms with Crippen molar-refractivity contribution in [1.82, 2.24) is 0 Å². The van der Waals surface area contributed by atoms with Crippen LogP contribution in [0.2, 0.25) is 0 Å². The highest BCUT2D eigenvalue weighted by molar-refractivity contribution is 9.10. The molecule has 0 saturated heterocycles. The third-order valence-electron chi connectivity index (χ3n) is 2.66. The number of esters is 1. The van der Waals surface area contributed by atoms with E-state index in [4.69, 9.17) is 13.9 Å². The van der Waals surface area contributed by atoms with Gasteiger partial charge in [-0.3, -0.25) is 0 Å². The molecule has 1 aromatic heterocycles. The summed E-state index contributed by atoms with van der Waals surface area (Å²) >= 11 is 3.41. The predicted octanol–water partition coefficient (Wildman–Crippen LogP) is 3.69. The van der Waals surface area contributed by atoms with Crippen LogP contribution < -0.4 is 4.74 Å². The van der Waals surface area contributed by atoms with Gasteiger partial charge in [-0.2, -0.15) is 0 Å². The lowest BCUT2D eigenvalue weighted by Crippen LogP contribution is -2.04. The fourth-order valence-electron chi connectivity index (χ4n) is 1.87. The van der Waals surface area contributed by atoms with Crippen LogP contribution in [0.1, 0.15) is 23.0 Å². The molecular formula is C13H13BrO4. The highest BCUT2D eigenvalue weighted by atomic mass is 79.9. The molecule has 0 amide bonds. The molecule has 0 fully saturated rings. The number of aryl methyl sites for hydroxylation is 1. The topological polar surface area (TPSA) is 48.7 Å². The highest BCUT2D eigenvalue weighted by Gasteiger charge is 2.22. The molecule has 0 bridgehead atoms. The van der Waals surface area contributed by atoms with E-state index in [1.807, 2.05) is 13.0 Å². The summed E-state index contributed by atoms with van der Waals surface area (Å²) in [6, 6.07) is 3.61. The van der Waals surface area contributed by atoms with Gasteiger partial charge in [0.05, 0.1) is 23.6 Å². The Balaban J connectivity index is 2.67. The molecule has 18 heavy (non-hydrogen) atoms. The Bertz CT molecular complexity index is 601. The Kier molecular flexibility index (Phi) is 3.61. The zero-order chi connectivity index (χ0) is 13.3. The summed E-state index contributed by atoms with van der Waals surface area (Å²) in [7, 11) is 1.58. The molecule has 0 aliphatic heterocycles. The van der Waals surface area contributed by atoms with Gasteiger partial charge < -0.3 is 13.9 Å². The molecule has 2 aromatic rings. The number of ether oxygens (including phenoxy) is 2. The van der Waals surface area contributed by atoms with E-state index in [2.05, 4.69) is 15.9 Å². The first-order valence-corrected chi connectivity index (χ1v) is 6.32. The minimum atomic E-state index is -0.454. The summed E-state index contributed by atoms with van der Waals surface area (Å²) in [5.41, 5.74) is 1.33. The molecule has 0 saturated carbocycles. The summed E-state index contributed by atoms with van der Waals surface area (Å²) in [4.78, 5) is 11.8. The third kappa shape index (κ3) is 1.99. The molecule has 1 heterocycles. The second-order valence-electron chi connectivity index (χ2n) is 3.73. The highest BCUT2D eigenvalue weighted by Crippen LogP contribution is 2.38. The largest absolute Gasteiger partial charge is 0.495 e. The van der Waals surface area contributed by atoms with Crippen LogP contribution in [0.15, 0.2) is 21.0 Å². The second kappa shape index (κ2) is 5.02. The summed E-state index contributed by atoms with van der Waals surface area (Å²) < 4.78 is 16.6. The van der Waals surface area contributed by atoms with Crippen molar-refractivity contribution in [3.63, 3.8) is 0 Å². The molecular weight excluding hydrogens is 300 g/mol. The van der Waals surface area contributed by atoms with Crippen molar-refractivity contribution in [3.05, 3.63) is 27.9 Å². The van der Waals surface area contributed by atoms with Gasteiger partial charge >= 0.3 is 5.97 Å². The van der Waals surface area contributed by atoms with Crippen molar-refractivity contribution in [3.8, 4) is 5.75 Å². The molecule has 0 aliphatic carbocycles. The van der Waals surface area contributed by atoms with E-state index in [0.717, 1.165) is 15.4 Å². The standard InChI is InChI=1S/C13H13BrO4/c1-4-17-13(15)11-7(2)10-9(18-11)6-5-8(14)12(10)16-3/h5-6H,4H2,1-3H3. The number of methoxy groups -OCH3 is 1. The quantitative estimate of drug-likeness (QED) is 0.811. The summed E-state index contributed by atoms with van der Waals surface area (Å²) in [6.07, 6.45) is 0. The molecule has 0 unspecified atom stereocenters. The van der Waals surface area contributed by atoms with E-state index >= 15 is 0 Å². The third-order valence-corrected chi connectivity index (χ3v) is 3.29. The number of rotatable bonds is 3. The van der Waals surface area contributed by atoms with Crippen molar-refractivity contribution in [2.75, 3.05) is 13.7 Å². The van der Waals surface area contributed by atoms with Crippen LogP contribution in [-0.2, 0) is 4.74 Å². The van der Waals surface area contributed by atoms with Crippen molar-refractivity contribution in [1.29, 1.82) is 0 Å². The molecule has 96 valence electrons. The number of hydrogen-bond acceptors (Lipinski definition) is 4. The van der Waals surface area contributed by atoms with E-state index in [1.165, 1.54) is 0 Å². The summed E-state index contributed by atoms with van der Waals surface area (Å²) in [6.45, 7) is 3.89. The minimum absolute atomic E-state index is 0.225. The maximum absolute atomic E-state index is 11.8. The van der Waals surface area contributed by atoms with Crippen LogP contribution in [0, 0.1) is 6.92 Å². The van der Waals surface area contributed by atoms with Gasteiger partial charge in [-0.05, 0) is 41.9 Å². The van der Waals surface area contributed by atoms with Crippen LogP contribution in [-0.4, -0.2) is 19.7 Å². The van der Waals surface area contributed by atoms with Gasteiger partial charge in [0.2, 0.25) is 5.76 Å². The Hall–Kier alpha value is -1.49. The lowest BCUT2D eigenvalue weighted by molar-refractivity contribution is 0.0491. The number of hydrogen-bond donors (Lipinski definition) is 0. The SMILES string of the molecule is CCOC(=O)c1oc2ccc(Br)c(OC)c2c1C. The first-order valence-electron chi connectivity index (χ1n) is 5.52. The fourth-order valence-corrected chi connectivity index (χ4v) is 2.36. The zero-order valence-electron chi connectivity index (χ0n) is 10.4.